The van der Waals surface area contributed by atoms with Crippen LogP contribution in [0.2, 0.25) is 5.02 Å². The van der Waals surface area contributed by atoms with Gasteiger partial charge in [0, 0.05) is 11.2 Å². The Morgan fingerprint density at radius 2 is 2.18 bits per heavy atom. The maximum absolute atomic E-state index is 13.4. The van der Waals surface area contributed by atoms with Crippen LogP contribution in [0, 0.1) is 0 Å². The SMILES string of the molecule is CCCc1c(C(=O)N2C[C@@H](C)Oc3ncccc32)nnn1-c1cccc(Cl)c1. The summed E-state index contributed by atoms with van der Waals surface area (Å²) in [4.78, 5) is 19.3. The van der Waals surface area contributed by atoms with Gasteiger partial charge in [-0.25, -0.2) is 9.67 Å². The summed E-state index contributed by atoms with van der Waals surface area (Å²) < 4.78 is 7.44. The van der Waals surface area contributed by atoms with Gasteiger partial charge in [-0.2, -0.15) is 0 Å². The van der Waals surface area contributed by atoms with Crippen LogP contribution in [0.5, 0.6) is 5.88 Å². The highest BCUT2D eigenvalue weighted by atomic mass is 35.5. The quantitative estimate of drug-likeness (QED) is 0.671. The molecule has 1 amide bonds. The minimum absolute atomic E-state index is 0.163. The van der Waals surface area contributed by atoms with E-state index in [1.165, 1.54) is 0 Å². The number of hydrogen-bond donors (Lipinski definition) is 0. The van der Waals surface area contributed by atoms with E-state index < -0.39 is 0 Å². The van der Waals surface area contributed by atoms with Crippen LogP contribution in [-0.2, 0) is 6.42 Å². The van der Waals surface area contributed by atoms with Gasteiger partial charge in [0.1, 0.15) is 11.8 Å². The molecule has 0 N–H and O–H groups in total. The Morgan fingerprint density at radius 3 is 2.96 bits per heavy atom. The van der Waals surface area contributed by atoms with Crippen LogP contribution in [0.15, 0.2) is 42.6 Å². The van der Waals surface area contributed by atoms with Crippen molar-refractivity contribution in [2.24, 2.45) is 0 Å². The van der Waals surface area contributed by atoms with Crippen molar-refractivity contribution in [1.29, 1.82) is 0 Å². The number of pyridine rings is 1. The Kier molecular flexibility index (Phi) is 5.00. The first kappa shape index (κ1) is 18.4. The monoisotopic (exact) mass is 397 g/mol. The van der Waals surface area contributed by atoms with Crippen LogP contribution in [0.1, 0.15) is 36.5 Å². The van der Waals surface area contributed by atoms with Crippen LogP contribution < -0.4 is 9.64 Å². The maximum Gasteiger partial charge on any atom is 0.281 e. The number of hydrogen-bond acceptors (Lipinski definition) is 5. The summed E-state index contributed by atoms with van der Waals surface area (Å²) in [5, 5.41) is 9.08. The number of nitrogens with zero attached hydrogens (tertiary/aromatic N) is 5. The van der Waals surface area contributed by atoms with Gasteiger partial charge in [-0.05, 0) is 43.7 Å². The van der Waals surface area contributed by atoms with Crippen LogP contribution in [0.3, 0.4) is 0 Å². The van der Waals surface area contributed by atoms with Crippen molar-refractivity contribution in [2.75, 3.05) is 11.4 Å². The third kappa shape index (κ3) is 3.33. The molecule has 0 bridgehead atoms. The average molecular weight is 398 g/mol. The van der Waals surface area contributed by atoms with Crippen molar-refractivity contribution in [3.63, 3.8) is 0 Å². The molecule has 0 radical (unpaired) electrons. The van der Waals surface area contributed by atoms with Crippen LogP contribution in [0.25, 0.3) is 5.69 Å². The van der Waals surface area contributed by atoms with E-state index >= 15 is 0 Å². The van der Waals surface area contributed by atoms with Gasteiger partial charge >= 0.3 is 0 Å². The third-order valence-electron chi connectivity index (χ3n) is 4.54. The Hall–Kier alpha value is -2.93. The van der Waals surface area contributed by atoms with Gasteiger partial charge in [-0.15, -0.1) is 5.10 Å². The normalized spacial score (nSPS) is 15.8. The highest BCUT2D eigenvalue weighted by molar-refractivity contribution is 6.30. The summed E-state index contributed by atoms with van der Waals surface area (Å²) >= 11 is 6.13. The molecule has 0 unspecified atom stereocenters. The van der Waals surface area contributed by atoms with Gasteiger partial charge in [0.05, 0.1) is 17.9 Å². The lowest BCUT2D eigenvalue weighted by atomic mass is 10.1. The summed E-state index contributed by atoms with van der Waals surface area (Å²) in [6, 6.07) is 11.0. The fourth-order valence-corrected chi connectivity index (χ4v) is 3.51. The second kappa shape index (κ2) is 7.59. The number of ether oxygens (including phenoxy) is 1. The number of anilines is 1. The van der Waals surface area contributed by atoms with Gasteiger partial charge in [-0.1, -0.05) is 36.2 Å². The molecule has 8 heteroatoms. The summed E-state index contributed by atoms with van der Waals surface area (Å²) in [6.45, 7) is 4.39. The summed E-state index contributed by atoms with van der Waals surface area (Å²) in [6.07, 6.45) is 3.01. The fourth-order valence-electron chi connectivity index (χ4n) is 3.33. The van der Waals surface area contributed by atoms with E-state index in [1.54, 1.807) is 34.0 Å². The molecule has 3 aromatic rings. The Bertz CT molecular complexity index is 1020. The van der Waals surface area contributed by atoms with Crippen LogP contribution >= 0.6 is 11.6 Å². The number of fused-ring (bicyclic) bond motifs is 1. The molecule has 0 saturated carbocycles. The lowest BCUT2D eigenvalue weighted by molar-refractivity contribution is 0.0953. The third-order valence-corrected chi connectivity index (χ3v) is 4.78. The number of amides is 1. The van der Waals surface area contributed by atoms with Crippen LogP contribution in [-0.4, -0.2) is 38.5 Å². The number of carbonyl (C=O) groups is 1. The van der Waals surface area contributed by atoms with Crippen molar-refractivity contribution in [3.05, 3.63) is 59.0 Å². The molecule has 2 aromatic heterocycles. The largest absolute Gasteiger partial charge is 0.471 e. The second-order valence-electron chi connectivity index (χ2n) is 6.70. The maximum atomic E-state index is 13.4. The molecular weight excluding hydrogens is 378 g/mol. The summed E-state index contributed by atoms with van der Waals surface area (Å²) in [7, 11) is 0. The highest BCUT2D eigenvalue weighted by Crippen LogP contribution is 2.32. The van der Waals surface area contributed by atoms with E-state index in [9.17, 15) is 4.79 Å². The zero-order chi connectivity index (χ0) is 19.7. The minimum Gasteiger partial charge on any atom is -0.471 e. The van der Waals surface area contributed by atoms with Crippen molar-refractivity contribution >= 4 is 23.2 Å². The Labute approximate surface area is 167 Å². The van der Waals surface area contributed by atoms with Gasteiger partial charge < -0.3 is 4.74 Å². The van der Waals surface area contributed by atoms with Gasteiger partial charge in [0.25, 0.3) is 5.91 Å². The van der Waals surface area contributed by atoms with Gasteiger partial charge in [0.15, 0.2) is 5.69 Å². The predicted molar refractivity (Wildman–Crippen MR) is 106 cm³/mol. The molecule has 1 aliphatic rings. The first-order valence-electron chi connectivity index (χ1n) is 9.22. The van der Waals surface area contributed by atoms with Gasteiger partial charge in [0.2, 0.25) is 5.88 Å². The van der Waals surface area contributed by atoms with Crippen molar-refractivity contribution < 1.29 is 9.53 Å². The van der Waals surface area contributed by atoms with Gasteiger partial charge in [-0.3, -0.25) is 9.69 Å². The second-order valence-corrected chi connectivity index (χ2v) is 7.13. The molecule has 1 atom stereocenters. The molecule has 0 fully saturated rings. The van der Waals surface area contributed by atoms with E-state index in [4.69, 9.17) is 16.3 Å². The van der Waals surface area contributed by atoms with Crippen molar-refractivity contribution in [2.45, 2.75) is 32.8 Å². The first-order valence-corrected chi connectivity index (χ1v) is 9.60. The van der Waals surface area contributed by atoms with E-state index in [2.05, 4.69) is 22.2 Å². The van der Waals surface area contributed by atoms with E-state index in [0.717, 1.165) is 17.8 Å². The van der Waals surface area contributed by atoms with Crippen molar-refractivity contribution in [1.82, 2.24) is 20.0 Å². The molecule has 28 heavy (non-hydrogen) atoms. The molecule has 0 aliphatic carbocycles. The molecule has 0 spiro atoms. The van der Waals surface area contributed by atoms with E-state index in [1.807, 2.05) is 25.1 Å². The molecule has 7 nitrogen and oxygen atoms in total. The lowest BCUT2D eigenvalue weighted by Crippen LogP contribution is -2.43. The molecule has 0 saturated heterocycles. The topological polar surface area (TPSA) is 73.1 Å². The predicted octanol–water partition coefficient (Wildman–Crippen LogP) is 3.70. The lowest BCUT2D eigenvalue weighted by Gasteiger charge is -2.32. The molecule has 3 heterocycles. The highest BCUT2D eigenvalue weighted by Gasteiger charge is 2.32. The van der Waals surface area contributed by atoms with E-state index in [0.29, 0.717) is 35.2 Å². The molecular formula is C20H20ClN5O2. The minimum atomic E-state index is -0.207. The fraction of sp³-hybridized carbons (Fsp3) is 0.300. The number of carbonyl (C=O) groups excluding carboxylic acids is 1. The van der Waals surface area contributed by atoms with Crippen LogP contribution in [0.4, 0.5) is 5.69 Å². The number of rotatable bonds is 4. The first-order chi connectivity index (χ1) is 13.6. The van der Waals surface area contributed by atoms with E-state index in [-0.39, 0.29) is 12.0 Å². The number of benzene rings is 1. The average Bonchev–Trinajstić information content (AvgIpc) is 3.10. The Balaban J connectivity index is 1.76. The zero-order valence-corrected chi connectivity index (χ0v) is 16.4. The molecule has 1 aliphatic heterocycles. The summed E-state index contributed by atoms with van der Waals surface area (Å²) in [5.74, 6) is 0.245. The Morgan fingerprint density at radius 1 is 1.32 bits per heavy atom. The molecule has 1 aromatic carbocycles. The zero-order valence-electron chi connectivity index (χ0n) is 15.7. The standard InChI is InChI=1S/C20H20ClN5O2/c1-3-6-16-18(23-24-26(16)15-8-4-7-14(21)11-15)20(27)25-12-13(2)28-19-17(25)9-5-10-22-19/h4-5,7-11,13H,3,6,12H2,1-2H3/t13-/m1/s1. The molecule has 144 valence electrons. The number of halogens is 1. The smallest absolute Gasteiger partial charge is 0.281 e. The molecule has 4 rings (SSSR count). The summed E-state index contributed by atoms with van der Waals surface area (Å²) in [5.41, 5.74) is 2.52. The van der Waals surface area contributed by atoms with Crippen molar-refractivity contribution in [3.8, 4) is 11.6 Å². The number of aromatic nitrogens is 4.